The van der Waals surface area contributed by atoms with Crippen molar-refractivity contribution in [2.24, 2.45) is 10.9 Å². The molecule has 1 amide bonds. The molecule has 2 fully saturated rings. The number of amides is 1. The summed E-state index contributed by atoms with van der Waals surface area (Å²) in [4.78, 5) is 18.7. The number of rotatable bonds is 5. The zero-order valence-corrected chi connectivity index (χ0v) is 14.6. The molecule has 1 saturated heterocycles. The van der Waals surface area contributed by atoms with Crippen LogP contribution in [0.3, 0.4) is 0 Å². The van der Waals surface area contributed by atoms with Gasteiger partial charge >= 0.3 is 0 Å². The second kappa shape index (κ2) is 7.11. The molecule has 1 aromatic carbocycles. The molecule has 3 atom stereocenters. The number of nitrogens with one attached hydrogen (secondary N) is 2. The molecule has 3 rings (SSSR count). The molecule has 6 heteroatoms. The van der Waals surface area contributed by atoms with Crippen molar-refractivity contribution in [3.63, 3.8) is 0 Å². The standard InChI is InChI=1S/C18H26N4O2/c1-4-19-18(21-16-8-12(16)2)20-13-9-17(23)22(11-13)14-6-5-7-15(10-14)24-3/h5-7,10,12-13,16H,4,8-9,11H2,1-3H3,(H2,19,20,21). The molecular weight excluding hydrogens is 304 g/mol. The molecule has 6 nitrogen and oxygen atoms in total. The van der Waals surface area contributed by atoms with Crippen LogP contribution in [0.2, 0.25) is 0 Å². The lowest BCUT2D eigenvalue weighted by Crippen LogP contribution is -2.45. The quantitative estimate of drug-likeness (QED) is 0.638. The third-order valence-corrected chi connectivity index (χ3v) is 4.58. The van der Waals surface area contributed by atoms with Crippen molar-refractivity contribution < 1.29 is 9.53 Å². The molecule has 0 radical (unpaired) electrons. The van der Waals surface area contributed by atoms with Crippen LogP contribution < -0.4 is 20.3 Å². The van der Waals surface area contributed by atoms with Crippen LogP contribution in [-0.2, 0) is 4.79 Å². The maximum absolute atomic E-state index is 12.4. The number of benzene rings is 1. The van der Waals surface area contributed by atoms with E-state index in [1.54, 1.807) is 7.11 Å². The lowest BCUT2D eigenvalue weighted by molar-refractivity contribution is -0.117. The molecule has 2 N–H and O–H groups in total. The Morgan fingerprint density at radius 2 is 2.21 bits per heavy atom. The molecule has 0 aromatic heterocycles. The van der Waals surface area contributed by atoms with Gasteiger partial charge in [0.25, 0.3) is 0 Å². The molecule has 0 spiro atoms. The molecular formula is C18H26N4O2. The van der Waals surface area contributed by atoms with Gasteiger partial charge in [0, 0.05) is 37.3 Å². The first kappa shape index (κ1) is 16.6. The third-order valence-electron chi connectivity index (χ3n) is 4.58. The van der Waals surface area contributed by atoms with E-state index in [0.29, 0.717) is 24.9 Å². The molecule has 1 aliphatic carbocycles. The maximum Gasteiger partial charge on any atom is 0.229 e. The summed E-state index contributed by atoms with van der Waals surface area (Å²) in [7, 11) is 1.63. The number of hydrogen-bond acceptors (Lipinski definition) is 3. The predicted molar refractivity (Wildman–Crippen MR) is 95.6 cm³/mol. The number of aliphatic imine (C=N–C) groups is 1. The Kier molecular flexibility index (Phi) is 4.92. The normalized spacial score (nSPS) is 26.5. The van der Waals surface area contributed by atoms with E-state index in [1.807, 2.05) is 36.1 Å². The Morgan fingerprint density at radius 3 is 2.88 bits per heavy atom. The van der Waals surface area contributed by atoms with E-state index in [2.05, 4.69) is 22.5 Å². The highest BCUT2D eigenvalue weighted by molar-refractivity contribution is 5.97. The van der Waals surface area contributed by atoms with Gasteiger partial charge in [-0.3, -0.25) is 9.79 Å². The Morgan fingerprint density at radius 1 is 1.42 bits per heavy atom. The van der Waals surface area contributed by atoms with Crippen LogP contribution >= 0.6 is 0 Å². The number of carbonyl (C=O) groups excluding carboxylic acids is 1. The predicted octanol–water partition coefficient (Wildman–Crippen LogP) is 1.76. The summed E-state index contributed by atoms with van der Waals surface area (Å²) in [6.07, 6.45) is 1.66. The minimum atomic E-state index is 0.0653. The van der Waals surface area contributed by atoms with Gasteiger partial charge in [0.15, 0.2) is 5.96 Å². The summed E-state index contributed by atoms with van der Waals surface area (Å²) in [6, 6.07) is 8.19. The minimum Gasteiger partial charge on any atom is -0.497 e. The van der Waals surface area contributed by atoms with E-state index < -0.39 is 0 Å². The molecule has 2 aliphatic rings. The minimum absolute atomic E-state index is 0.0653. The highest BCUT2D eigenvalue weighted by Crippen LogP contribution is 2.29. The van der Waals surface area contributed by atoms with Crippen LogP contribution in [-0.4, -0.2) is 44.1 Å². The zero-order valence-electron chi connectivity index (χ0n) is 14.6. The highest BCUT2D eigenvalue weighted by Gasteiger charge is 2.35. The molecule has 3 unspecified atom stereocenters. The first-order chi connectivity index (χ1) is 11.6. The van der Waals surface area contributed by atoms with Crippen molar-refractivity contribution in [1.82, 2.24) is 10.6 Å². The van der Waals surface area contributed by atoms with Gasteiger partial charge in [-0.25, -0.2) is 0 Å². The summed E-state index contributed by atoms with van der Waals surface area (Å²) in [5, 5.41) is 6.86. The van der Waals surface area contributed by atoms with E-state index in [0.717, 1.165) is 23.9 Å². The SMILES string of the molecule is CCN=C(NC1CC(=O)N(c2cccc(OC)c2)C1)NC1CC1C. The fraction of sp³-hybridized carbons (Fsp3) is 0.556. The van der Waals surface area contributed by atoms with E-state index in [1.165, 1.54) is 6.42 Å². The van der Waals surface area contributed by atoms with Gasteiger partial charge in [-0.15, -0.1) is 0 Å². The van der Waals surface area contributed by atoms with E-state index in [4.69, 9.17) is 4.74 Å². The smallest absolute Gasteiger partial charge is 0.229 e. The van der Waals surface area contributed by atoms with Crippen LogP contribution in [0.1, 0.15) is 26.7 Å². The summed E-state index contributed by atoms with van der Waals surface area (Å²) in [5.41, 5.74) is 0.876. The summed E-state index contributed by atoms with van der Waals surface area (Å²) in [5.74, 6) is 2.40. The number of carbonyl (C=O) groups is 1. The van der Waals surface area contributed by atoms with Crippen LogP contribution in [0.25, 0.3) is 0 Å². The van der Waals surface area contributed by atoms with Crippen LogP contribution in [0.4, 0.5) is 5.69 Å². The number of ether oxygens (including phenoxy) is 1. The summed E-state index contributed by atoms with van der Waals surface area (Å²) in [6.45, 7) is 5.60. The van der Waals surface area contributed by atoms with Crippen LogP contribution in [0, 0.1) is 5.92 Å². The highest BCUT2D eigenvalue weighted by atomic mass is 16.5. The second-order valence-corrected chi connectivity index (χ2v) is 6.54. The van der Waals surface area contributed by atoms with Crippen molar-refractivity contribution in [2.45, 2.75) is 38.8 Å². The average Bonchev–Trinajstić information content (AvgIpc) is 3.13. The number of nitrogens with zero attached hydrogens (tertiary/aromatic N) is 2. The molecule has 130 valence electrons. The third kappa shape index (κ3) is 3.80. The van der Waals surface area contributed by atoms with Gasteiger partial charge in [0.05, 0.1) is 13.2 Å². The molecule has 1 aromatic rings. The second-order valence-electron chi connectivity index (χ2n) is 6.54. The summed E-state index contributed by atoms with van der Waals surface area (Å²) >= 11 is 0. The van der Waals surface area contributed by atoms with Gasteiger partial charge in [-0.05, 0) is 31.4 Å². The van der Waals surface area contributed by atoms with Gasteiger partial charge in [0.1, 0.15) is 5.75 Å². The van der Waals surface area contributed by atoms with E-state index in [-0.39, 0.29) is 11.9 Å². The van der Waals surface area contributed by atoms with Crippen molar-refractivity contribution in [3.05, 3.63) is 24.3 Å². The van der Waals surface area contributed by atoms with Gasteiger partial charge in [-0.1, -0.05) is 13.0 Å². The Balaban J connectivity index is 1.64. The lowest BCUT2D eigenvalue weighted by atomic mass is 10.2. The Hall–Kier alpha value is -2.24. The van der Waals surface area contributed by atoms with Crippen molar-refractivity contribution in [3.8, 4) is 5.75 Å². The van der Waals surface area contributed by atoms with E-state index in [9.17, 15) is 4.79 Å². The molecule has 24 heavy (non-hydrogen) atoms. The zero-order chi connectivity index (χ0) is 17.1. The summed E-state index contributed by atoms with van der Waals surface area (Å²) < 4.78 is 5.25. The van der Waals surface area contributed by atoms with Gasteiger partial charge < -0.3 is 20.3 Å². The maximum atomic E-state index is 12.4. The van der Waals surface area contributed by atoms with Crippen LogP contribution in [0.5, 0.6) is 5.75 Å². The van der Waals surface area contributed by atoms with E-state index >= 15 is 0 Å². The molecule has 1 aliphatic heterocycles. The fourth-order valence-corrected chi connectivity index (χ4v) is 3.02. The lowest BCUT2D eigenvalue weighted by Gasteiger charge is -2.19. The van der Waals surface area contributed by atoms with Crippen LogP contribution in [0.15, 0.2) is 29.3 Å². The molecule has 1 saturated carbocycles. The van der Waals surface area contributed by atoms with Crippen molar-refractivity contribution >= 4 is 17.6 Å². The van der Waals surface area contributed by atoms with Gasteiger partial charge in [-0.2, -0.15) is 0 Å². The first-order valence-corrected chi connectivity index (χ1v) is 8.62. The number of hydrogen-bond donors (Lipinski definition) is 2. The molecule has 0 bridgehead atoms. The largest absolute Gasteiger partial charge is 0.497 e. The van der Waals surface area contributed by atoms with Gasteiger partial charge in [0.2, 0.25) is 5.91 Å². The number of anilines is 1. The Bertz CT molecular complexity index is 631. The fourth-order valence-electron chi connectivity index (χ4n) is 3.02. The Labute approximate surface area is 143 Å². The first-order valence-electron chi connectivity index (χ1n) is 8.62. The monoisotopic (exact) mass is 330 g/mol. The van der Waals surface area contributed by atoms with Crippen molar-refractivity contribution in [2.75, 3.05) is 25.1 Å². The topological polar surface area (TPSA) is 66.0 Å². The molecule has 1 heterocycles. The number of methoxy groups -OCH3 is 1. The number of guanidine groups is 1. The average molecular weight is 330 g/mol. The van der Waals surface area contributed by atoms with Crippen molar-refractivity contribution in [1.29, 1.82) is 0 Å².